The van der Waals surface area contributed by atoms with E-state index in [0.717, 1.165) is 0 Å². The highest BCUT2D eigenvalue weighted by atomic mass is 28.4. The lowest BCUT2D eigenvalue weighted by atomic mass is 9.86. The second kappa shape index (κ2) is 23.2. The van der Waals surface area contributed by atoms with Crippen molar-refractivity contribution < 1.29 is 55.1 Å². The third-order valence-corrected chi connectivity index (χ3v) is 15.4. The average Bonchev–Trinajstić information content (AvgIpc) is 3.82. The van der Waals surface area contributed by atoms with Crippen molar-refractivity contribution in [2.24, 2.45) is 26.2 Å². The van der Waals surface area contributed by atoms with Gasteiger partial charge in [-0.3, -0.25) is 0 Å². The number of hydrogen-bond acceptors (Lipinski definition) is 14. The summed E-state index contributed by atoms with van der Waals surface area (Å²) >= 11 is 0. The Bertz CT molecular complexity index is 1100. The van der Waals surface area contributed by atoms with E-state index in [1.165, 1.54) is 0 Å². The molecule has 0 saturated heterocycles. The summed E-state index contributed by atoms with van der Waals surface area (Å²) < 4.78 is 59.9. The Morgan fingerprint density at radius 1 is 0.600 bits per heavy atom. The molecule has 0 saturated carbocycles. The molecule has 0 fully saturated rings. The Hall–Kier alpha value is -2.33. The van der Waals surface area contributed by atoms with Crippen LogP contribution in [0.5, 0.6) is 0 Å². The van der Waals surface area contributed by atoms with Crippen LogP contribution in [0.4, 0.5) is 9.59 Å². The summed E-state index contributed by atoms with van der Waals surface area (Å²) in [7, 11) is -5.76. The van der Waals surface area contributed by atoms with Crippen molar-refractivity contribution >= 4 is 41.6 Å². The van der Waals surface area contributed by atoms with Gasteiger partial charge in [-0.2, -0.15) is 0 Å². The van der Waals surface area contributed by atoms with Crippen molar-refractivity contribution in [1.82, 2.24) is 10.6 Å². The number of nitrogens with one attached hydrogen (secondary N) is 2. The molecule has 2 atom stereocenters. The third-order valence-electron chi connectivity index (χ3n) is 9.06. The van der Waals surface area contributed by atoms with Crippen molar-refractivity contribution in [3.8, 4) is 0 Å². The lowest BCUT2D eigenvalue weighted by Crippen LogP contribution is -2.50. The number of nitrogens with zero attached hydrogens (tertiary/aromatic N) is 2. The van der Waals surface area contributed by atoms with Gasteiger partial charge in [-0.15, -0.1) is 0 Å². The van der Waals surface area contributed by atoms with Gasteiger partial charge in [0.05, 0.1) is 12.1 Å². The third kappa shape index (κ3) is 15.2. The van der Waals surface area contributed by atoms with Gasteiger partial charge in [-0.05, 0) is 65.2 Å². The Morgan fingerprint density at radius 2 is 0.909 bits per heavy atom. The highest BCUT2D eigenvalue weighted by Crippen LogP contribution is 2.37. The summed E-state index contributed by atoms with van der Waals surface area (Å²) in [5.41, 5.74) is -1.92. The predicted octanol–water partition coefficient (Wildman–Crippen LogP) is 5.99. The summed E-state index contributed by atoms with van der Waals surface area (Å²) in [6.45, 7) is 27.2. The van der Waals surface area contributed by atoms with E-state index >= 15 is 0 Å². The quantitative estimate of drug-likeness (QED) is 0.0772. The van der Waals surface area contributed by atoms with Crippen LogP contribution in [0.3, 0.4) is 0 Å². The van der Waals surface area contributed by atoms with Gasteiger partial charge in [0, 0.05) is 64.8 Å². The number of rotatable bonds is 26. The van der Waals surface area contributed by atoms with E-state index in [2.05, 4.69) is 52.2 Å². The Labute approximate surface area is 332 Å². The molecule has 2 aliphatic rings. The van der Waals surface area contributed by atoms with Crippen LogP contribution in [-0.4, -0.2) is 133 Å². The van der Waals surface area contributed by atoms with Crippen LogP contribution in [0.2, 0.25) is 12.1 Å². The molecule has 0 aromatic heterocycles. The predicted molar refractivity (Wildman–Crippen MR) is 215 cm³/mol. The van der Waals surface area contributed by atoms with Gasteiger partial charge in [0.25, 0.3) is 0 Å². The van der Waals surface area contributed by atoms with Crippen molar-refractivity contribution in [2.75, 3.05) is 79.2 Å². The maximum Gasteiger partial charge on any atom is 0.500 e. The standard InChI is InChI=1S/C37H72N4O12Si2/c1-13-48-54(49-14-2,50-15-3)23-19-21-38-33(42)46-27-37(31-40-29(25-44-31)35(7,8)9,32-41-30(26-45-32)36(10,11)12)28-47-34(43)39-22-20-24-55(51-16-4,52-17-5)53-18-6/h29-30H,13-28H2,1-12H3,(H,38,42)(H,39,43)/t29-,30-/m1/s1. The van der Waals surface area contributed by atoms with Crippen LogP contribution in [0, 0.1) is 16.2 Å². The van der Waals surface area contributed by atoms with Gasteiger partial charge in [-0.25, -0.2) is 19.6 Å². The van der Waals surface area contributed by atoms with Gasteiger partial charge >= 0.3 is 29.8 Å². The number of carbonyl (C=O) groups excluding carboxylic acids is 2. The second-order valence-electron chi connectivity index (χ2n) is 15.5. The van der Waals surface area contributed by atoms with Crippen LogP contribution < -0.4 is 10.6 Å². The first-order chi connectivity index (χ1) is 26.0. The van der Waals surface area contributed by atoms with Crippen LogP contribution in [0.15, 0.2) is 9.98 Å². The molecule has 18 heteroatoms. The normalized spacial score (nSPS) is 18.0. The zero-order chi connectivity index (χ0) is 41.2. The molecule has 0 spiro atoms. The van der Waals surface area contributed by atoms with E-state index in [-0.39, 0.29) is 47.9 Å². The molecule has 2 N–H and O–H groups in total. The van der Waals surface area contributed by atoms with Crippen LogP contribution in [0.1, 0.15) is 95.9 Å². The first-order valence-corrected chi connectivity index (χ1v) is 23.9. The summed E-state index contributed by atoms with van der Waals surface area (Å²) in [5, 5.41) is 5.65. The number of alkyl carbamates (subject to hydrolysis) is 2. The molecule has 0 radical (unpaired) electrons. The van der Waals surface area contributed by atoms with Crippen molar-refractivity contribution in [2.45, 2.75) is 120 Å². The maximum absolute atomic E-state index is 13.3. The Kier molecular flexibility index (Phi) is 20.6. The largest absolute Gasteiger partial charge is 0.500 e. The minimum Gasteiger partial charge on any atom is -0.478 e. The van der Waals surface area contributed by atoms with E-state index in [4.69, 9.17) is 55.5 Å². The maximum atomic E-state index is 13.3. The molecule has 2 aliphatic heterocycles. The van der Waals surface area contributed by atoms with Gasteiger partial charge in [0.2, 0.25) is 11.8 Å². The lowest BCUT2D eigenvalue weighted by Gasteiger charge is -2.31. The minimum atomic E-state index is -2.88. The zero-order valence-corrected chi connectivity index (χ0v) is 37.8. The molecular formula is C37H72N4O12Si2. The van der Waals surface area contributed by atoms with Gasteiger partial charge < -0.3 is 56.1 Å². The van der Waals surface area contributed by atoms with E-state index in [1.54, 1.807) is 0 Å². The summed E-state index contributed by atoms with van der Waals surface area (Å²) in [6.07, 6.45) is -0.253. The first kappa shape index (κ1) is 48.8. The minimum absolute atomic E-state index is 0.208. The van der Waals surface area contributed by atoms with E-state index in [0.29, 0.717) is 90.9 Å². The fraction of sp³-hybridized carbons (Fsp3) is 0.892. The molecule has 320 valence electrons. The number of amides is 2. The first-order valence-electron chi connectivity index (χ1n) is 20.1. The number of hydrogen-bond donors (Lipinski definition) is 2. The smallest absolute Gasteiger partial charge is 0.478 e. The fourth-order valence-electron chi connectivity index (χ4n) is 6.01. The number of ether oxygens (including phenoxy) is 4. The van der Waals surface area contributed by atoms with Crippen LogP contribution in [-0.2, 0) is 45.5 Å². The van der Waals surface area contributed by atoms with E-state index in [9.17, 15) is 9.59 Å². The zero-order valence-electron chi connectivity index (χ0n) is 35.8. The monoisotopic (exact) mass is 820 g/mol. The Balaban J connectivity index is 2.30. The molecule has 2 heterocycles. The molecule has 55 heavy (non-hydrogen) atoms. The Morgan fingerprint density at radius 3 is 1.16 bits per heavy atom. The highest BCUT2D eigenvalue weighted by Gasteiger charge is 2.53. The molecule has 2 amide bonds. The van der Waals surface area contributed by atoms with Gasteiger partial charge in [0.1, 0.15) is 26.4 Å². The van der Waals surface area contributed by atoms with Gasteiger partial charge in [0.15, 0.2) is 5.41 Å². The average molecular weight is 821 g/mol. The molecule has 0 unspecified atom stereocenters. The second-order valence-corrected chi connectivity index (χ2v) is 21.0. The summed E-state index contributed by atoms with van der Waals surface area (Å²) in [6, 6.07) is 0.639. The van der Waals surface area contributed by atoms with E-state index < -0.39 is 35.2 Å². The molecule has 0 aromatic rings. The molecule has 2 rings (SSSR count). The molecule has 0 aliphatic carbocycles. The highest BCUT2D eigenvalue weighted by molar-refractivity contribution is 6.61. The molecule has 0 aromatic carbocycles. The summed E-state index contributed by atoms with van der Waals surface area (Å²) in [4.78, 5) is 36.5. The fourth-order valence-corrected chi connectivity index (χ4v) is 11.2. The molecule has 16 nitrogen and oxygen atoms in total. The van der Waals surface area contributed by atoms with Gasteiger partial charge in [-0.1, -0.05) is 41.5 Å². The number of aliphatic imine (C=N–C) groups is 2. The SMILES string of the molecule is CCO[Si](CCCNC(=O)OCC(COC(=O)NCCC[Si](OCC)(OCC)OCC)(C1=N[C@@H](C(C)(C)C)CO1)C1=N[C@@H](C(C)(C)C)CO1)(OCC)OCC. The van der Waals surface area contributed by atoms with Crippen molar-refractivity contribution in [1.29, 1.82) is 0 Å². The van der Waals surface area contributed by atoms with E-state index in [1.807, 2.05) is 41.5 Å². The number of carbonyl (C=O) groups is 2. The van der Waals surface area contributed by atoms with Crippen LogP contribution >= 0.6 is 0 Å². The molecular weight excluding hydrogens is 749 g/mol. The molecule has 0 bridgehead atoms. The van der Waals surface area contributed by atoms with Crippen molar-refractivity contribution in [3.05, 3.63) is 0 Å². The summed E-state index contributed by atoms with van der Waals surface area (Å²) in [5.74, 6) is 0.478. The van der Waals surface area contributed by atoms with Crippen molar-refractivity contribution in [3.63, 3.8) is 0 Å². The topological polar surface area (TPSA) is 175 Å². The lowest BCUT2D eigenvalue weighted by molar-refractivity contribution is 0.0658. The van der Waals surface area contributed by atoms with Crippen LogP contribution in [0.25, 0.3) is 0 Å².